The number of aliphatic hydroxyl groups is 2. The minimum atomic E-state index is -0.857. The van der Waals surface area contributed by atoms with Crippen molar-refractivity contribution >= 4 is 5.69 Å². The highest BCUT2D eigenvalue weighted by Gasteiger charge is 2.17. The highest BCUT2D eigenvalue weighted by Crippen LogP contribution is 2.29. The Morgan fingerprint density at radius 1 is 1.33 bits per heavy atom. The van der Waals surface area contributed by atoms with Gasteiger partial charge in [-0.2, -0.15) is 0 Å². The summed E-state index contributed by atoms with van der Waals surface area (Å²) in [7, 11) is 0. The van der Waals surface area contributed by atoms with Crippen molar-refractivity contribution in [1.82, 2.24) is 0 Å². The Hall–Kier alpha value is -1.13. The van der Waals surface area contributed by atoms with Gasteiger partial charge in [0.25, 0.3) is 0 Å². The van der Waals surface area contributed by atoms with Crippen molar-refractivity contribution in [3.05, 3.63) is 29.6 Å². The molecular formula is C14H22FNO2. The zero-order valence-electron chi connectivity index (χ0n) is 11.1. The molecule has 102 valence electrons. The molecule has 0 radical (unpaired) electrons. The van der Waals surface area contributed by atoms with Gasteiger partial charge in [0.1, 0.15) is 5.82 Å². The lowest BCUT2D eigenvalue weighted by atomic mass is 10.1. The van der Waals surface area contributed by atoms with Crippen LogP contribution < -0.4 is 4.90 Å². The molecule has 0 amide bonds. The van der Waals surface area contributed by atoms with E-state index in [1.807, 2.05) is 4.90 Å². The third kappa shape index (κ3) is 3.68. The van der Waals surface area contributed by atoms with Gasteiger partial charge in [-0.25, -0.2) is 4.39 Å². The van der Waals surface area contributed by atoms with Crippen LogP contribution in [0.4, 0.5) is 10.1 Å². The van der Waals surface area contributed by atoms with Crippen LogP contribution >= 0.6 is 0 Å². The van der Waals surface area contributed by atoms with E-state index in [1.165, 1.54) is 6.07 Å². The Balaban J connectivity index is 3.06. The number of anilines is 1. The van der Waals surface area contributed by atoms with Crippen LogP contribution in [0.2, 0.25) is 0 Å². The number of benzene rings is 1. The molecule has 0 fully saturated rings. The van der Waals surface area contributed by atoms with Gasteiger partial charge < -0.3 is 15.1 Å². The molecule has 0 aliphatic heterocycles. The van der Waals surface area contributed by atoms with E-state index in [2.05, 4.69) is 6.92 Å². The minimum absolute atomic E-state index is 0.0134. The maximum absolute atomic E-state index is 13.8. The molecular weight excluding hydrogens is 233 g/mol. The minimum Gasteiger partial charge on any atom is -0.395 e. The summed E-state index contributed by atoms with van der Waals surface area (Å²) in [5.41, 5.74) is 0.981. The number of hydrogen-bond donors (Lipinski definition) is 2. The molecule has 1 unspecified atom stereocenters. The number of halogens is 1. The van der Waals surface area contributed by atoms with Crippen LogP contribution in [0.5, 0.6) is 0 Å². The van der Waals surface area contributed by atoms with Crippen molar-refractivity contribution < 1.29 is 14.6 Å². The van der Waals surface area contributed by atoms with Gasteiger partial charge in [-0.15, -0.1) is 0 Å². The number of rotatable bonds is 7. The lowest BCUT2D eigenvalue weighted by molar-refractivity contribution is 0.194. The van der Waals surface area contributed by atoms with Crippen molar-refractivity contribution in [3.8, 4) is 0 Å². The van der Waals surface area contributed by atoms with Crippen molar-refractivity contribution in [3.63, 3.8) is 0 Å². The topological polar surface area (TPSA) is 43.7 Å². The molecule has 18 heavy (non-hydrogen) atoms. The Kier molecular flexibility index (Phi) is 6.09. The first-order valence-corrected chi connectivity index (χ1v) is 6.44. The second-order valence-corrected chi connectivity index (χ2v) is 4.41. The van der Waals surface area contributed by atoms with Gasteiger partial charge in [0.05, 0.1) is 12.7 Å². The van der Waals surface area contributed by atoms with Gasteiger partial charge in [-0.05, 0) is 25.5 Å². The standard InChI is InChI=1S/C14H22FNO2/c1-3-4-8-16(9-10-17)13-7-5-6-12(15)14(13)11(2)18/h5-7,11,17-18H,3-4,8-10H2,1-2H3. The summed E-state index contributed by atoms with van der Waals surface area (Å²) in [6.07, 6.45) is 1.14. The summed E-state index contributed by atoms with van der Waals surface area (Å²) in [5.74, 6) is -0.401. The summed E-state index contributed by atoms with van der Waals surface area (Å²) >= 11 is 0. The Morgan fingerprint density at radius 2 is 2.06 bits per heavy atom. The lowest BCUT2D eigenvalue weighted by Gasteiger charge is -2.27. The largest absolute Gasteiger partial charge is 0.395 e. The smallest absolute Gasteiger partial charge is 0.131 e. The van der Waals surface area contributed by atoms with Crippen molar-refractivity contribution in [2.45, 2.75) is 32.8 Å². The molecule has 1 aromatic rings. The molecule has 0 saturated carbocycles. The fourth-order valence-corrected chi connectivity index (χ4v) is 2.04. The first kappa shape index (κ1) is 14.9. The maximum Gasteiger partial charge on any atom is 0.131 e. The second-order valence-electron chi connectivity index (χ2n) is 4.41. The van der Waals surface area contributed by atoms with Crippen LogP contribution in [0, 0.1) is 5.82 Å². The monoisotopic (exact) mass is 255 g/mol. The lowest BCUT2D eigenvalue weighted by Crippen LogP contribution is -2.29. The van der Waals surface area contributed by atoms with Crippen molar-refractivity contribution in [2.24, 2.45) is 0 Å². The van der Waals surface area contributed by atoms with Crippen LogP contribution in [-0.2, 0) is 0 Å². The summed E-state index contributed by atoms with van der Waals surface area (Å²) in [6.45, 7) is 4.85. The Morgan fingerprint density at radius 3 is 2.61 bits per heavy atom. The molecule has 0 spiro atoms. The normalized spacial score (nSPS) is 12.5. The second kappa shape index (κ2) is 7.34. The Bertz CT molecular complexity index is 369. The number of hydrogen-bond acceptors (Lipinski definition) is 3. The molecule has 1 rings (SSSR count). The SMILES string of the molecule is CCCCN(CCO)c1cccc(F)c1C(C)O. The summed E-state index contributed by atoms with van der Waals surface area (Å²) < 4.78 is 13.8. The van der Waals surface area contributed by atoms with E-state index in [0.717, 1.165) is 19.4 Å². The number of nitrogens with zero attached hydrogens (tertiary/aromatic N) is 1. The van der Waals surface area contributed by atoms with Gasteiger partial charge in [0.2, 0.25) is 0 Å². The van der Waals surface area contributed by atoms with E-state index in [4.69, 9.17) is 5.11 Å². The van der Waals surface area contributed by atoms with Crippen LogP contribution in [0.3, 0.4) is 0 Å². The van der Waals surface area contributed by atoms with E-state index >= 15 is 0 Å². The Labute approximate surface area is 108 Å². The molecule has 0 aromatic heterocycles. The molecule has 1 atom stereocenters. The third-order valence-electron chi connectivity index (χ3n) is 2.94. The quantitative estimate of drug-likeness (QED) is 0.786. The zero-order chi connectivity index (χ0) is 13.5. The molecule has 0 bridgehead atoms. The molecule has 1 aromatic carbocycles. The first-order chi connectivity index (χ1) is 8.61. The van der Waals surface area contributed by atoms with Crippen molar-refractivity contribution in [2.75, 3.05) is 24.6 Å². The number of aliphatic hydroxyl groups excluding tert-OH is 2. The fourth-order valence-electron chi connectivity index (χ4n) is 2.04. The summed E-state index contributed by atoms with van der Waals surface area (Å²) in [4.78, 5) is 1.93. The van der Waals surface area contributed by atoms with Gasteiger partial charge in [0.15, 0.2) is 0 Å². The number of unbranched alkanes of at least 4 members (excludes halogenated alkanes) is 1. The summed E-state index contributed by atoms with van der Waals surface area (Å²) in [5, 5.41) is 18.8. The molecule has 4 heteroatoms. The van der Waals surface area contributed by atoms with E-state index in [1.54, 1.807) is 19.1 Å². The van der Waals surface area contributed by atoms with E-state index in [-0.39, 0.29) is 6.61 Å². The van der Waals surface area contributed by atoms with Crippen molar-refractivity contribution in [1.29, 1.82) is 0 Å². The molecule has 0 aliphatic carbocycles. The van der Waals surface area contributed by atoms with Gasteiger partial charge in [-0.3, -0.25) is 0 Å². The molecule has 3 nitrogen and oxygen atoms in total. The van der Waals surface area contributed by atoms with Gasteiger partial charge >= 0.3 is 0 Å². The van der Waals surface area contributed by atoms with E-state index in [0.29, 0.717) is 17.8 Å². The summed E-state index contributed by atoms with van der Waals surface area (Å²) in [6, 6.07) is 4.77. The maximum atomic E-state index is 13.8. The van der Waals surface area contributed by atoms with Crippen LogP contribution in [-0.4, -0.2) is 29.9 Å². The first-order valence-electron chi connectivity index (χ1n) is 6.44. The highest BCUT2D eigenvalue weighted by molar-refractivity contribution is 5.55. The fraction of sp³-hybridized carbons (Fsp3) is 0.571. The van der Waals surface area contributed by atoms with Crippen LogP contribution in [0.25, 0.3) is 0 Å². The highest BCUT2D eigenvalue weighted by atomic mass is 19.1. The van der Waals surface area contributed by atoms with Crippen LogP contribution in [0.1, 0.15) is 38.4 Å². The van der Waals surface area contributed by atoms with Crippen LogP contribution in [0.15, 0.2) is 18.2 Å². The average Bonchev–Trinajstić information content (AvgIpc) is 2.33. The average molecular weight is 255 g/mol. The zero-order valence-corrected chi connectivity index (χ0v) is 11.1. The van der Waals surface area contributed by atoms with E-state index in [9.17, 15) is 9.50 Å². The van der Waals surface area contributed by atoms with Gasteiger partial charge in [0, 0.05) is 24.3 Å². The molecule has 0 aliphatic rings. The molecule has 0 saturated heterocycles. The predicted octanol–water partition coefficient (Wildman–Crippen LogP) is 2.48. The van der Waals surface area contributed by atoms with E-state index < -0.39 is 11.9 Å². The molecule has 2 N–H and O–H groups in total. The van der Waals surface area contributed by atoms with Gasteiger partial charge in [-0.1, -0.05) is 19.4 Å². The molecule has 0 heterocycles. The third-order valence-corrected chi connectivity index (χ3v) is 2.94. The predicted molar refractivity (Wildman–Crippen MR) is 71.2 cm³/mol.